The second-order valence-electron chi connectivity index (χ2n) is 14.0. The van der Waals surface area contributed by atoms with E-state index in [0.717, 1.165) is 0 Å². The molecule has 24 atom stereocenters. The van der Waals surface area contributed by atoms with Crippen LogP contribution in [0.25, 0.3) is 0 Å². The maximum absolute atomic E-state index is 11.1. The summed E-state index contributed by atoms with van der Waals surface area (Å²) in [5.41, 5.74) is 0. The Morgan fingerprint density at radius 1 is 0.364 bits per heavy atom. The van der Waals surface area contributed by atoms with Gasteiger partial charge in [-0.25, -0.2) is 0 Å². The lowest BCUT2D eigenvalue weighted by Crippen LogP contribution is -2.64. The first-order valence-corrected chi connectivity index (χ1v) is 17.6. The lowest BCUT2D eigenvalue weighted by Gasteiger charge is -2.47. The zero-order chi connectivity index (χ0) is 39.9. The molecule has 55 heavy (non-hydrogen) atoms. The van der Waals surface area contributed by atoms with Gasteiger partial charge in [-0.15, -0.1) is 0 Å². The van der Waals surface area contributed by atoms with Crippen molar-refractivity contribution < 1.29 is 124 Å². The number of aliphatic hydroxyl groups is 14. The van der Waals surface area contributed by atoms with E-state index in [2.05, 4.69) is 0 Å². The van der Waals surface area contributed by atoms with Crippen LogP contribution >= 0.6 is 0 Å². The average Bonchev–Trinajstić information content (AvgIpc) is 3.61. The van der Waals surface area contributed by atoms with E-state index in [1.165, 1.54) is 0 Å². The third-order valence-electron chi connectivity index (χ3n) is 10.2. The second-order valence-corrected chi connectivity index (χ2v) is 14.0. The number of ether oxygens (including phenoxy) is 11. The molecule has 0 saturated carbocycles. The van der Waals surface area contributed by atoms with Crippen LogP contribution in [0.2, 0.25) is 0 Å². The van der Waals surface area contributed by atoms with Crippen molar-refractivity contribution >= 4 is 0 Å². The molecule has 6 rings (SSSR count). The van der Waals surface area contributed by atoms with Crippen molar-refractivity contribution in [2.75, 3.05) is 39.6 Å². The van der Waals surface area contributed by atoms with Crippen molar-refractivity contribution in [1.82, 2.24) is 0 Å². The summed E-state index contributed by atoms with van der Waals surface area (Å²) in [7, 11) is 0. The number of rotatable bonds is 12. The Balaban J connectivity index is 1.24. The summed E-state index contributed by atoms with van der Waals surface area (Å²) in [5.74, 6) is 0. The highest BCUT2D eigenvalue weighted by molar-refractivity contribution is 4.96. The molecular formula is C30H50O25. The van der Waals surface area contributed by atoms with E-state index in [0.29, 0.717) is 0 Å². The van der Waals surface area contributed by atoms with Crippen LogP contribution in [0.4, 0.5) is 0 Å². The van der Waals surface area contributed by atoms with E-state index in [4.69, 9.17) is 52.1 Å². The number of hydrogen-bond acceptors (Lipinski definition) is 25. The number of hydrogen-bond donors (Lipinski definition) is 14. The molecule has 0 aliphatic carbocycles. The van der Waals surface area contributed by atoms with Gasteiger partial charge in [0.2, 0.25) is 0 Å². The Hall–Kier alpha value is -1.00. The van der Waals surface area contributed by atoms with E-state index < -0.39 is 187 Å². The van der Waals surface area contributed by atoms with Crippen molar-refractivity contribution in [3.8, 4) is 0 Å². The highest BCUT2D eigenvalue weighted by Gasteiger charge is 2.56. The predicted molar refractivity (Wildman–Crippen MR) is 163 cm³/mol. The van der Waals surface area contributed by atoms with Gasteiger partial charge in [-0.3, -0.25) is 0 Å². The molecule has 6 aliphatic heterocycles. The van der Waals surface area contributed by atoms with Crippen molar-refractivity contribution in [1.29, 1.82) is 0 Å². The molecule has 320 valence electrons. The van der Waals surface area contributed by atoms with E-state index in [1.54, 1.807) is 0 Å². The van der Waals surface area contributed by atoms with Crippen LogP contribution in [-0.2, 0) is 52.1 Å². The van der Waals surface area contributed by atoms with Gasteiger partial charge in [0.1, 0.15) is 110 Å². The minimum Gasteiger partial charge on any atom is -0.394 e. The molecule has 6 saturated heterocycles. The van der Waals surface area contributed by atoms with Gasteiger partial charge in [0.15, 0.2) is 37.7 Å². The van der Waals surface area contributed by atoms with Crippen molar-refractivity contribution in [2.45, 2.75) is 148 Å². The lowest BCUT2D eigenvalue weighted by molar-refractivity contribution is -0.382. The summed E-state index contributed by atoms with van der Waals surface area (Å²) < 4.78 is 62.2. The lowest BCUT2D eigenvalue weighted by atomic mass is 10.0. The monoisotopic (exact) mass is 810 g/mol. The average molecular weight is 811 g/mol. The fourth-order valence-electron chi connectivity index (χ4n) is 6.87. The van der Waals surface area contributed by atoms with Gasteiger partial charge in [-0.1, -0.05) is 0 Å². The predicted octanol–water partition coefficient (Wildman–Crippen LogP) is -10.3. The van der Waals surface area contributed by atoms with E-state index >= 15 is 0 Å². The molecule has 25 heteroatoms. The molecule has 0 aromatic carbocycles. The quantitative estimate of drug-likeness (QED) is 0.0870. The van der Waals surface area contributed by atoms with Gasteiger partial charge in [-0.05, 0) is 0 Å². The summed E-state index contributed by atoms with van der Waals surface area (Å²) >= 11 is 0. The molecule has 14 N–H and O–H groups in total. The van der Waals surface area contributed by atoms with Crippen molar-refractivity contribution in [3.63, 3.8) is 0 Å². The summed E-state index contributed by atoms with van der Waals surface area (Å²) in [5, 5.41) is 144. The van der Waals surface area contributed by atoms with Crippen molar-refractivity contribution in [3.05, 3.63) is 0 Å². The zero-order valence-electron chi connectivity index (χ0n) is 28.9. The molecule has 0 spiro atoms. The van der Waals surface area contributed by atoms with Gasteiger partial charge in [0.05, 0.1) is 39.6 Å². The molecule has 6 heterocycles. The summed E-state index contributed by atoms with van der Waals surface area (Å²) in [4.78, 5) is 0. The Morgan fingerprint density at radius 2 is 0.782 bits per heavy atom. The minimum absolute atomic E-state index is 0.416. The molecule has 0 aromatic rings. The third-order valence-corrected chi connectivity index (χ3v) is 10.2. The van der Waals surface area contributed by atoms with Gasteiger partial charge < -0.3 is 124 Å². The van der Waals surface area contributed by atoms with Crippen LogP contribution in [0.1, 0.15) is 0 Å². The summed E-state index contributed by atoms with van der Waals surface area (Å²) in [6, 6.07) is 0. The van der Waals surface area contributed by atoms with Crippen LogP contribution in [0.15, 0.2) is 0 Å². The van der Waals surface area contributed by atoms with Gasteiger partial charge in [0, 0.05) is 0 Å². The highest BCUT2D eigenvalue weighted by Crippen LogP contribution is 2.36. The zero-order valence-corrected chi connectivity index (χ0v) is 28.9. The Bertz CT molecular complexity index is 1210. The maximum Gasteiger partial charge on any atom is 0.187 e. The van der Waals surface area contributed by atoms with Crippen LogP contribution in [-0.4, -0.2) is 259 Å². The molecule has 25 nitrogen and oxygen atoms in total. The Morgan fingerprint density at radius 3 is 1.35 bits per heavy atom. The molecule has 6 aliphatic rings. The largest absolute Gasteiger partial charge is 0.394 e. The van der Waals surface area contributed by atoms with Gasteiger partial charge in [-0.2, -0.15) is 0 Å². The first-order valence-electron chi connectivity index (χ1n) is 17.6. The summed E-state index contributed by atoms with van der Waals surface area (Å²) in [6.07, 6.45) is -39.6. The van der Waals surface area contributed by atoms with Gasteiger partial charge >= 0.3 is 0 Å². The SMILES string of the molecule is OCC1OC(OC2C(OC3OCC(O)C(O)C3O)COC(OC3COC(OC4COC(O)C(O)C4O)C(O)C3O)C2OC2OC(CO)C(O)C2O)C(O)C1O. The van der Waals surface area contributed by atoms with Crippen LogP contribution in [0.5, 0.6) is 0 Å². The van der Waals surface area contributed by atoms with Crippen LogP contribution in [0.3, 0.4) is 0 Å². The fourth-order valence-corrected chi connectivity index (χ4v) is 6.87. The molecular weight excluding hydrogens is 760 g/mol. The topological polar surface area (TPSA) is 385 Å². The van der Waals surface area contributed by atoms with E-state index in [-0.39, 0.29) is 0 Å². The van der Waals surface area contributed by atoms with Crippen LogP contribution in [0, 0.1) is 0 Å². The molecule has 0 bridgehead atoms. The molecule has 6 fully saturated rings. The molecule has 0 amide bonds. The van der Waals surface area contributed by atoms with E-state index in [1.807, 2.05) is 0 Å². The highest BCUT2D eigenvalue weighted by atomic mass is 16.8. The third kappa shape index (κ3) is 9.11. The number of aliphatic hydroxyl groups excluding tert-OH is 14. The summed E-state index contributed by atoms with van der Waals surface area (Å²) in [6.45, 7) is -3.50. The second kappa shape index (κ2) is 18.5. The first-order chi connectivity index (χ1) is 26.1. The van der Waals surface area contributed by atoms with E-state index in [9.17, 15) is 71.5 Å². The Kier molecular flexibility index (Phi) is 14.7. The van der Waals surface area contributed by atoms with Crippen molar-refractivity contribution in [2.24, 2.45) is 0 Å². The molecule has 0 aromatic heterocycles. The van der Waals surface area contributed by atoms with Crippen LogP contribution < -0.4 is 0 Å². The standard InChI is InChI=1S/C30H50O25/c31-1-8-14(35)21(42)28(49-8)54-23-12(53-26-19(40)13(34)7(33)3-46-26)6-48-30(24(23)55-29-22(43)15(36)9(2-32)50-29)52-11-5-47-27(20(41)17(11)38)51-10-4-45-25(44)18(39)16(10)37/h7-44H,1-6H2. The normalized spacial score (nSPS) is 53.8. The first kappa shape index (κ1) is 43.6. The maximum atomic E-state index is 11.1. The smallest absolute Gasteiger partial charge is 0.187 e. The molecule has 24 unspecified atom stereocenters. The van der Waals surface area contributed by atoms with Gasteiger partial charge in [0.25, 0.3) is 0 Å². The fraction of sp³-hybridized carbons (Fsp3) is 1.00. The molecule has 0 radical (unpaired) electrons. The Labute approximate surface area is 311 Å². The minimum atomic E-state index is -1.88.